The highest BCUT2D eigenvalue weighted by atomic mass is 19.2. The molecule has 0 unspecified atom stereocenters. The van der Waals surface area contributed by atoms with E-state index in [4.69, 9.17) is 9.84 Å². The van der Waals surface area contributed by atoms with Crippen molar-refractivity contribution in [2.24, 2.45) is 0 Å². The Morgan fingerprint density at radius 2 is 2.06 bits per heavy atom. The molecule has 1 N–H and O–H groups in total. The molecule has 5 heteroatoms. The number of ether oxygens (including phenoxy) is 1. The van der Waals surface area contributed by atoms with Crippen LogP contribution in [0.5, 0.6) is 0 Å². The topological polar surface area (TPSA) is 46.5 Å². The fraction of sp³-hybridized carbons (Fsp3) is 0.308. The van der Waals surface area contributed by atoms with Gasteiger partial charge in [-0.05, 0) is 24.1 Å². The summed E-state index contributed by atoms with van der Waals surface area (Å²) >= 11 is 0. The molecule has 1 rings (SSSR count). The molecular weight excluding hydrogens is 242 g/mol. The molecule has 0 fully saturated rings. The van der Waals surface area contributed by atoms with Crippen molar-refractivity contribution in [2.75, 3.05) is 13.2 Å². The third-order valence-electron chi connectivity index (χ3n) is 2.14. The predicted molar refractivity (Wildman–Crippen MR) is 61.9 cm³/mol. The van der Waals surface area contributed by atoms with Crippen LogP contribution in [0, 0.1) is 11.6 Å². The lowest BCUT2D eigenvalue weighted by molar-refractivity contribution is -0.141. The SMILES string of the molecule is O=C(Cc1ccc(F)c(F)c1)OC/C=C/CCO. The van der Waals surface area contributed by atoms with Crippen molar-refractivity contribution in [3.63, 3.8) is 0 Å². The third-order valence-corrected chi connectivity index (χ3v) is 2.14. The molecule has 0 aliphatic rings. The van der Waals surface area contributed by atoms with Crippen molar-refractivity contribution in [3.8, 4) is 0 Å². The Bertz CT molecular complexity index is 430. The van der Waals surface area contributed by atoms with Crippen molar-refractivity contribution in [3.05, 3.63) is 47.5 Å². The maximum atomic E-state index is 12.9. The zero-order valence-electron chi connectivity index (χ0n) is 9.73. The molecule has 0 bridgehead atoms. The second-order valence-electron chi connectivity index (χ2n) is 3.59. The predicted octanol–water partition coefficient (Wildman–Crippen LogP) is 1.99. The quantitative estimate of drug-likeness (QED) is 0.625. The Hall–Kier alpha value is -1.75. The fourth-order valence-electron chi connectivity index (χ4n) is 1.27. The van der Waals surface area contributed by atoms with Crippen molar-refractivity contribution in [1.29, 1.82) is 0 Å². The molecule has 98 valence electrons. The molecule has 0 heterocycles. The highest BCUT2D eigenvalue weighted by molar-refractivity contribution is 5.72. The number of halogens is 2. The summed E-state index contributed by atoms with van der Waals surface area (Å²) in [5.74, 6) is -2.45. The lowest BCUT2D eigenvalue weighted by atomic mass is 10.1. The maximum Gasteiger partial charge on any atom is 0.310 e. The van der Waals surface area contributed by atoms with E-state index in [0.29, 0.717) is 12.0 Å². The van der Waals surface area contributed by atoms with E-state index >= 15 is 0 Å². The van der Waals surface area contributed by atoms with Crippen LogP contribution in [0.1, 0.15) is 12.0 Å². The number of carbonyl (C=O) groups excluding carboxylic acids is 1. The normalized spacial score (nSPS) is 10.8. The van der Waals surface area contributed by atoms with Gasteiger partial charge in [0.2, 0.25) is 0 Å². The number of rotatable bonds is 6. The van der Waals surface area contributed by atoms with Crippen LogP contribution in [0.25, 0.3) is 0 Å². The average molecular weight is 256 g/mol. The van der Waals surface area contributed by atoms with E-state index in [9.17, 15) is 13.6 Å². The highest BCUT2D eigenvalue weighted by Gasteiger charge is 2.07. The van der Waals surface area contributed by atoms with Gasteiger partial charge in [0.15, 0.2) is 11.6 Å². The minimum atomic E-state index is -0.983. The van der Waals surface area contributed by atoms with Crippen LogP contribution in [-0.4, -0.2) is 24.3 Å². The van der Waals surface area contributed by atoms with Crippen LogP contribution in [0.15, 0.2) is 30.4 Å². The molecule has 0 spiro atoms. The van der Waals surface area contributed by atoms with Crippen molar-refractivity contribution < 1.29 is 23.4 Å². The molecule has 1 aromatic carbocycles. The lowest BCUT2D eigenvalue weighted by Crippen LogP contribution is -2.08. The Kier molecular flexibility index (Phi) is 6.00. The molecule has 0 aliphatic heterocycles. The van der Waals surface area contributed by atoms with Crippen LogP contribution in [-0.2, 0) is 16.0 Å². The molecule has 1 aromatic rings. The smallest absolute Gasteiger partial charge is 0.310 e. The highest BCUT2D eigenvalue weighted by Crippen LogP contribution is 2.09. The van der Waals surface area contributed by atoms with Crippen LogP contribution in [0.3, 0.4) is 0 Å². The molecule has 0 saturated carbocycles. The van der Waals surface area contributed by atoms with Crippen LogP contribution in [0.4, 0.5) is 8.78 Å². The van der Waals surface area contributed by atoms with E-state index in [1.54, 1.807) is 12.2 Å². The Labute approximate surface area is 104 Å². The molecule has 0 aromatic heterocycles. The summed E-state index contributed by atoms with van der Waals surface area (Å²) in [6.45, 7) is 0.141. The Morgan fingerprint density at radius 1 is 1.28 bits per heavy atom. The number of aliphatic hydroxyl groups excluding tert-OH is 1. The number of aliphatic hydroxyl groups is 1. The van der Waals surface area contributed by atoms with Gasteiger partial charge >= 0.3 is 5.97 Å². The van der Waals surface area contributed by atoms with Gasteiger partial charge in [0, 0.05) is 6.61 Å². The van der Waals surface area contributed by atoms with Gasteiger partial charge in [0.1, 0.15) is 6.61 Å². The lowest BCUT2D eigenvalue weighted by Gasteiger charge is -2.02. The third kappa shape index (κ3) is 5.05. The van der Waals surface area contributed by atoms with Gasteiger partial charge in [0.25, 0.3) is 0 Å². The van der Waals surface area contributed by atoms with E-state index in [1.807, 2.05) is 0 Å². The molecule has 18 heavy (non-hydrogen) atoms. The molecule has 0 atom stereocenters. The molecule has 0 radical (unpaired) electrons. The first-order chi connectivity index (χ1) is 8.63. The summed E-state index contributed by atoms with van der Waals surface area (Å²) in [6, 6.07) is 3.28. The zero-order valence-corrected chi connectivity index (χ0v) is 9.73. The number of hydrogen-bond donors (Lipinski definition) is 1. The standard InChI is InChI=1S/C13H14F2O3/c14-11-5-4-10(8-12(11)15)9-13(17)18-7-3-1-2-6-16/h1,3-5,8,16H,2,6-7,9H2/b3-1+. The summed E-state index contributed by atoms with van der Waals surface area (Å²) in [5.41, 5.74) is 0.359. The van der Waals surface area contributed by atoms with Crippen molar-refractivity contribution in [2.45, 2.75) is 12.8 Å². The van der Waals surface area contributed by atoms with E-state index in [1.165, 1.54) is 6.07 Å². The first-order valence-electron chi connectivity index (χ1n) is 5.49. The molecular formula is C13H14F2O3. The summed E-state index contributed by atoms with van der Waals surface area (Å²) in [6.07, 6.45) is 3.69. The van der Waals surface area contributed by atoms with E-state index in [0.717, 1.165) is 12.1 Å². The summed E-state index contributed by atoms with van der Waals surface area (Å²) in [4.78, 5) is 11.3. The van der Waals surface area contributed by atoms with Crippen LogP contribution < -0.4 is 0 Å². The van der Waals surface area contributed by atoms with E-state index in [2.05, 4.69) is 0 Å². The van der Waals surface area contributed by atoms with Gasteiger partial charge in [-0.3, -0.25) is 4.79 Å². The van der Waals surface area contributed by atoms with Crippen LogP contribution in [0.2, 0.25) is 0 Å². The molecule has 0 amide bonds. The number of hydrogen-bond acceptors (Lipinski definition) is 3. The van der Waals surface area contributed by atoms with E-state index in [-0.39, 0.29) is 19.6 Å². The van der Waals surface area contributed by atoms with Crippen LogP contribution >= 0.6 is 0 Å². The van der Waals surface area contributed by atoms with Gasteiger partial charge in [-0.1, -0.05) is 18.2 Å². The summed E-state index contributed by atoms with van der Waals surface area (Å²) in [7, 11) is 0. The van der Waals surface area contributed by atoms with Gasteiger partial charge < -0.3 is 9.84 Å². The second kappa shape index (κ2) is 7.55. The summed E-state index contributed by atoms with van der Waals surface area (Å²) < 4.78 is 30.3. The average Bonchev–Trinajstić information content (AvgIpc) is 2.34. The van der Waals surface area contributed by atoms with Crippen molar-refractivity contribution >= 4 is 5.97 Å². The molecule has 0 aliphatic carbocycles. The molecule has 3 nitrogen and oxygen atoms in total. The fourth-order valence-corrected chi connectivity index (χ4v) is 1.27. The summed E-state index contributed by atoms with van der Waals surface area (Å²) in [5, 5.41) is 8.49. The first kappa shape index (κ1) is 14.3. The van der Waals surface area contributed by atoms with Crippen molar-refractivity contribution in [1.82, 2.24) is 0 Å². The Balaban J connectivity index is 2.37. The van der Waals surface area contributed by atoms with Gasteiger partial charge in [0.05, 0.1) is 6.42 Å². The molecule has 0 saturated heterocycles. The minimum Gasteiger partial charge on any atom is -0.461 e. The Morgan fingerprint density at radius 3 is 2.72 bits per heavy atom. The first-order valence-corrected chi connectivity index (χ1v) is 5.49. The van der Waals surface area contributed by atoms with Gasteiger partial charge in [-0.15, -0.1) is 0 Å². The monoisotopic (exact) mass is 256 g/mol. The van der Waals surface area contributed by atoms with Gasteiger partial charge in [-0.2, -0.15) is 0 Å². The second-order valence-corrected chi connectivity index (χ2v) is 3.59. The number of esters is 1. The minimum absolute atomic E-state index is 0.0410. The largest absolute Gasteiger partial charge is 0.461 e. The number of carbonyl (C=O) groups is 1. The van der Waals surface area contributed by atoms with E-state index < -0.39 is 17.6 Å². The maximum absolute atomic E-state index is 12.9. The zero-order chi connectivity index (χ0) is 13.4. The van der Waals surface area contributed by atoms with Gasteiger partial charge in [-0.25, -0.2) is 8.78 Å². The number of benzene rings is 1.